The van der Waals surface area contributed by atoms with Crippen molar-refractivity contribution in [3.05, 3.63) is 54.1 Å². The predicted octanol–water partition coefficient (Wildman–Crippen LogP) is 3.85. The lowest BCUT2D eigenvalue weighted by Gasteiger charge is -2.12. The van der Waals surface area contributed by atoms with E-state index in [1.54, 1.807) is 0 Å². The molecule has 0 unspecified atom stereocenters. The zero-order valence-electron chi connectivity index (χ0n) is 14.6. The van der Waals surface area contributed by atoms with Crippen molar-refractivity contribution in [2.24, 2.45) is 0 Å². The maximum Gasteiger partial charge on any atom is 0.300 e. The van der Waals surface area contributed by atoms with Crippen LogP contribution >= 0.6 is 23.5 Å². The van der Waals surface area contributed by atoms with Crippen LogP contribution in [0.1, 0.15) is 41.1 Å². The molecule has 1 saturated carbocycles. The SMILES string of the molecule is C=CC[n+]1c(SCC(=O)c2ccccc2)nc2c(c1N)[C@H]1CCC[C@H]1S2. The first-order chi connectivity index (χ1) is 12.7. The van der Waals surface area contributed by atoms with Gasteiger partial charge < -0.3 is 5.73 Å². The Hall–Kier alpha value is -1.79. The van der Waals surface area contributed by atoms with E-state index in [0.717, 1.165) is 21.6 Å². The monoisotopic (exact) mass is 384 g/mol. The summed E-state index contributed by atoms with van der Waals surface area (Å²) >= 11 is 3.32. The molecule has 1 aromatic heterocycles. The Morgan fingerprint density at radius 3 is 2.96 bits per heavy atom. The number of thioether (sulfide) groups is 2. The zero-order chi connectivity index (χ0) is 18.1. The number of carbonyl (C=O) groups excluding carboxylic acids is 1. The summed E-state index contributed by atoms with van der Waals surface area (Å²) in [5, 5.41) is 2.48. The van der Waals surface area contributed by atoms with Gasteiger partial charge in [-0.2, -0.15) is 0 Å². The van der Waals surface area contributed by atoms with Crippen LogP contribution in [0.15, 0.2) is 53.2 Å². The lowest BCUT2D eigenvalue weighted by atomic mass is 10.00. The molecule has 2 atom stereocenters. The van der Waals surface area contributed by atoms with Crippen LogP contribution < -0.4 is 10.3 Å². The number of nitrogens with two attached hydrogens (primary N) is 1. The van der Waals surface area contributed by atoms with Gasteiger partial charge in [0.2, 0.25) is 5.82 Å². The van der Waals surface area contributed by atoms with E-state index >= 15 is 0 Å². The van der Waals surface area contributed by atoms with Crippen LogP contribution in [0.25, 0.3) is 0 Å². The molecule has 26 heavy (non-hydrogen) atoms. The predicted molar refractivity (Wildman–Crippen MR) is 107 cm³/mol. The van der Waals surface area contributed by atoms with Gasteiger partial charge >= 0.3 is 5.16 Å². The molecule has 2 aromatic rings. The lowest BCUT2D eigenvalue weighted by Crippen LogP contribution is -2.41. The van der Waals surface area contributed by atoms with Gasteiger partial charge in [0.05, 0.1) is 17.9 Å². The van der Waals surface area contributed by atoms with E-state index in [9.17, 15) is 4.79 Å². The second-order valence-electron chi connectivity index (χ2n) is 6.67. The van der Waals surface area contributed by atoms with Crippen molar-refractivity contribution in [2.75, 3.05) is 11.5 Å². The molecule has 0 spiro atoms. The first-order valence-electron chi connectivity index (χ1n) is 8.91. The second-order valence-corrected chi connectivity index (χ2v) is 8.84. The Bertz CT molecular complexity index is 854. The molecule has 0 radical (unpaired) electrons. The summed E-state index contributed by atoms with van der Waals surface area (Å²) in [5.74, 6) is 1.78. The standard InChI is InChI=1S/C20H21N3OS2/c1-2-11-23-18(21)17-14-9-6-10-16(14)26-19(17)22-20(23)25-12-15(24)13-7-4-3-5-8-13/h2-5,7-8,14,16,21H,1,6,9-12H2/p+1/t14-,16+/m0/s1. The molecule has 6 heteroatoms. The van der Waals surface area contributed by atoms with Crippen LogP contribution in [-0.2, 0) is 6.54 Å². The summed E-state index contributed by atoms with van der Waals surface area (Å²) < 4.78 is 2.01. The average Bonchev–Trinajstić information content (AvgIpc) is 3.24. The quantitative estimate of drug-likeness (QED) is 0.205. The van der Waals surface area contributed by atoms with Gasteiger partial charge in [0.25, 0.3) is 0 Å². The molecular formula is C20H22N3OS2+. The highest BCUT2D eigenvalue weighted by molar-refractivity contribution is 8.00. The van der Waals surface area contributed by atoms with Gasteiger partial charge in [0, 0.05) is 16.7 Å². The molecule has 1 aromatic carbocycles. The van der Waals surface area contributed by atoms with E-state index in [1.165, 1.54) is 36.6 Å². The van der Waals surface area contributed by atoms with E-state index in [4.69, 9.17) is 10.7 Å². The fraction of sp³-hybridized carbons (Fsp3) is 0.350. The van der Waals surface area contributed by atoms with E-state index in [0.29, 0.717) is 23.5 Å². The van der Waals surface area contributed by atoms with Crippen molar-refractivity contribution in [3.8, 4) is 0 Å². The van der Waals surface area contributed by atoms with E-state index in [2.05, 4.69) is 6.58 Å². The lowest BCUT2D eigenvalue weighted by molar-refractivity contribution is -0.714. The Balaban J connectivity index is 1.62. The van der Waals surface area contributed by atoms with Gasteiger partial charge in [-0.1, -0.05) is 66.2 Å². The summed E-state index contributed by atoms with van der Waals surface area (Å²) in [6.07, 6.45) is 5.54. The maximum atomic E-state index is 12.5. The number of nitrogen functional groups attached to an aromatic ring is 1. The van der Waals surface area contributed by atoms with Gasteiger partial charge in [-0.05, 0) is 24.6 Å². The first kappa shape index (κ1) is 17.6. The number of hydrogen-bond acceptors (Lipinski definition) is 5. The van der Waals surface area contributed by atoms with Gasteiger partial charge in [-0.25, -0.2) is 4.57 Å². The third-order valence-electron chi connectivity index (χ3n) is 5.05. The Labute approximate surface area is 162 Å². The van der Waals surface area contributed by atoms with Gasteiger partial charge in [-0.15, -0.1) is 0 Å². The van der Waals surface area contributed by atoms with Crippen LogP contribution in [0.3, 0.4) is 0 Å². The Kier molecular flexibility index (Phi) is 5.05. The summed E-state index contributed by atoms with van der Waals surface area (Å²) in [7, 11) is 0. The van der Waals surface area contributed by atoms with Crippen LogP contribution in [0.2, 0.25) is 0 Å². The molecule has 134 valence electrons. The zero-order valence-corrected chi connectivity index (χ0v) is 16.2. The number of fused-ring (bicyclic) bond motifs is 3. The Morgan fingerprint density at radius 2 is 2.19 bits per heavy atom. The molecule has 0 amide bonds. The molecule has 2 aliphatic rings. The van der Waals surface area contributed by atoms with E-state index < -0.39 is 0 Å². The molecule has 1 aliphatic heterocycles. The molecule has 2 heterocycles. The molecule has 2 N–H and O–H groups in total. The van der Waals surface area contributed by atoms with Gasteiger partial charge in [0.1, 0.15) is 0 Å². The minimum absolute atomic E-state index is 0.103. The van der Waals surface area contributed by atoms with E-state index in [-0.39, 0.29) is 5.78 Å². The topological polar surface area (TPSA) is 59.9 Å². The van der Waals surface area contributed by atoms with Gasteiger partial charge in [0.15, 0.2) is 10.8 Å². The maximum absolute atomic E-state index is 12.5. The minimum atomic E-state index is 0.103. The number of carbonyl (C=O) groups is 1. The smallest absolute Gasteiger partial charge is 0.300 e. The van der Waals surface area contributed by atoms with Crippen molar-refractivity contribution in [1.82, 2.24) is 4.98 Å². The molecule has 4 rings (SSSR count). The van der Waals surface area contributed by atoms with Crippen LogP contribution in [0.5, 0.6) is 0 Å². The highest BCUT2D eigenvalue weighted by atomic mass is 32.2. The molecule has 1 aliphatic carbocycles. The fourth-order valence-electron chi connectivity index (χ4n) is 3.80. The van der Waals surface area contributed by atoms with Crippen molar-refractivity contribution >= 4 is 35.1 Å². The van der Waals surface area contributed by atoms with Crippen molar-refractivity contribution in [2.45, 2.75) is 47.2 Å². The number of benzene rings is 1. The van der Waals surface area contributed by atoms with Crippen LogP contribution in [0.4, 0.5) is 5.82 Å². The second kappa shape index (κ2) is 7.45. The molecular weight excluding hydrogens is 362 g/mol. The highest BCUT2D eigenvalue weighted by Gasteiger charge is 2.43. The first-order valence-corrected chi connectivity index (χ1v) is 10.8. The molecule has 1 fully saturated rings. The molecule has 0 bridgehead atoms. The number of aromatic nitrogens is 2. The molecule has 4 nitrogen and oxygen atoms in total. The van der Waals surface area contributed by atoms with Crippen LogP contribution in [-0.4, -0.2) is 21.8 Å². The summed E-state index contributed by atoms with van der Waals surface area (Å²) in [6.45, 7) is 4.46. The van der Waals surface area contributed by atoms with Crippen molar-refractivity contribution < 1.29 is 9.36 Å². The number of anilines is 1. The van der Waals surface area contributed by atoms with Gasteiger partial charge in [-0.3, -0.25) is 4.79 Å². The number of nitrogens with zero attached hydrogens (tertiary/aromatic N) is 2. The number of hydrogen-bond donors (Lipinski definition) is 1. The number of Topliss-reactive ketones (excluding diaryl/α,β-unsaturated/α-hetero) is 1. The minimum Gasteiger partial charge on any atom is -0.318 e. The third kappa shape index (κ3) is 3.16. The summed E-state index contributed by atoms with van der Waals surface area (Å²) in [6, 6.07) is 9.39. The number of allylic oxidation sites excluding steroid dienone is 1. The van der Waals surface area contributed by atoms with Crippen LogP contribution in [0, 0.1) is 0 Å². The molecule has 0 saturated heterocycles. The third-order valence-corrected chi connectivity index (χ3v) is 7.43. The van der Waals surface area contributed by atoms with E-state index in [1.807, 2.05) is 52.7 Å². The summed E-state index contributed by atoms with van der Waals surface area (Å²) in [5.41, 5.74) is 8.51. The average molecular weight is 385 g/mol. The largest absolute Gasteiger partial charge is 0.318 e. The van der Waals surface area contributed by atoms with Crippen molar-refractivity contribution in [3.63, 3.8) is 0 Å². The summed E-state index contributed by atoms with van der Waals surface area (Å²) in [4.78, 5) is 17.3. The number of rotatable bonds is 6. The highest BCUT2D eigenvalue weighted by Crippen LogP contribution is 2.54. The Morgan fingerprint density at radius 1 is 1.38 bits per heavy atom. The fourth-order valence-corrected chi connectivity index (χ4v) is 6.30. The van der Waals surface area contributed by atoms with Crippen molar-refractivity contribution in [1.29, 1.82) is 0 Å². The normalized spacial score (nSPS) is 20.6. The number of ketones is 1.